The first-order chi connectivity index (χ1) is 8.13. The summed E-state index contributed by atoms with van der Waals surface area (Å²) < 4.78 is 18.2. The number of carbonyl (C=O) groups excluding carboxylic acids is 1. The van der Waals surface area contributed by atoms with Crippen LogP contribution in [0.1, 0.15) is 25.3 Å². The zero-order valence-corrected chi connectivity index (χ0v) is 10.3. The van der Waals surface area contributed by atoms with Crippen LogP contribution in [0.25, 0.3) is 0 Å². The van der Waals surface area contributed by atoms with Gasteiger partial charge in [-0.2, -0.15) is 0 Å². The lowest BCUT2D eigenvalue weighted by Gasteiger charge is -2.09. The van der Waals surface area contributed by atoms with E-state index in [0.717, 1.165) is 18.5 Å². The minimum Gasteiger partial charge on any atom is -0.496 e. The van der Waals surface area contributed by atoms with E-state index in [1.54, 1.807) is 20.1 Å². The van der Waals surface area contributed by atoms with Gasteiger partial charge in [-0.25, -0.2) is 4.39 Å². The van der Waals surface area contributed by atoms with Crippen molar-refractivity contribution in [2.75, 3.05) is 13.7 Å². The molecule has 0 heterocycles. The molecule has 0 atom stereocenters. The molecule has 0 aliphatic carbocycles. The molecule has 3 nitrogen and oxygen atoms in total. The monoisotopic (exact) mass is 239 g/mol. The third kappa shape index (κ3) is 4.95. The molecule has 0 fully saturated rings. The van der Waals surface area contributed by atoms with Gasteiger partial charge in [0, 0.05) is 18.5 Å². The van der Waals surface area contributed by atoms with Gasteiger partial charge < -0.3 is 14.8 Å². The van der Waals surface area contributed by atoms with E-state index in [1.165, 1.54) is 12.1 Å². The number of hydrogen-bond donors (Lipinski definition) is 1. The summed E-state index contributed by atoms with van der Waals surface area (Å²) in [4.78, 5) is 10.7. The Hall–Kier alpha value is -1.42. The molecule has 0 aliphatic rings. The van der Waals surface area contributed by atoms with Crippen molar-refractivity contribution < 1.29 is 13.9 Å². The highest BCUT2D eigenvalue weighted by atomic mass is 19.1. The lowest BCUT2D eigenvalue weighted by atomic mass is 10.2. The second-order valence-electron chi connectivity index (χ2n) is 3.94. The number of halogens is 1. The average molecular weight is 239 g/mol. The summed E-state index contributed by atoms with van der Waals surface area (Å²) in [7, 11) is 1.56. The van der Waals surface area contributed by atoms with Gasteiger partial charge in [0.15, 0.2) is 0 Å². The molecule has 1 N–H and O–H groups in total. The lowest BCUT2D eigenvalue weighted by Crippen LogP contribution is -2.16. The Labute approximate surface area is 101 Å². The van der Waals surface area contributed by atoms with E-state index in [0.29, 0.717) is 18.7 Å². The van der Waals surface area contributed by atoms with Gasteiger partial charge in [0.1, 0.15) is 17.3 Å². The predicted octanol–water partition coefficient (Wildman–Crippen LogP) is 2.29. The molecule has 1 aromatic rings. The van der Waals surface area contributed by atoms with Crippen LogP contribution in [0.4, 0.5) is 4.39 Å². The van der Waals surface area contributed by atoms with E-state index >= 15 is 0 Å². The molecule has 0 radical (unpaired) electrons. The number of rotatable bonds is 7. The van der Waals surface area contributed by atoms with Crippen molar-refractivity contribution in [3.05, 3.63) is 29.6 Å². The minimum atomic E-state index is -0.272. The fourth-order valence-corrected chi connectivity index (χ4v) is 1.57. The van der Waals surface area contributed by atoms with Gasteiger partial charge in [-0.1, -0.05) is 0 Å². The number of hydrogen-bond acceptors (Lipinski definition) is 3. The molecule has 94 valence electrons. The molecule has 4 heteroatoms. The zero-order valence-electron chi connectivity index (χ0n) is 10.3. The van der Waals surface area contributed by atoms with E-state index < -0.39 is 0 Å². The molecule has 17 heavy (non-hydrogen) atoms. The van der Waals surface area contributed by atoms with Gasteiger partial charge in [0.05, 0.1) is 7.11 Å². The number of nitrogens with one attached hydrogen (secondary N) is 1. The number of Topliss-reactive ketones (excluding diaryl/α,β-unsaturated/α-hetero) is 1. The van der Waals surface area contributed by atoms with Crippen LogP contribution in [0.3, 0.4) is 0 Å². The van der Waals surface area contributed by atoms with Crippen LogP contribution in [0.2, 0.25) is 0 Å². The van der Waals surface area contributed by atoms with Gasteiger partial charge in [-0.15, -0.1) is 0 Å². The maximum Gasteiger partial charge on any atom is 0.129 e. The first kappa shape index (κ1) is 13.6. The molecule has 1 rings (SSSR count). The minimum absolute atomic E-state index is 0.190. The summed E-state index contributed by atoms with van der Waals surface area (Å²) in [6, 6.07) is 4.44. The van der Waals surface area contributed by atoms with Crippen LogP contribution in [-0.4, -0.2) is 19.4 Å². The quantitative estimate of drug-likeness (QED) is 0.742. The van der Waals surface area contributed by atoms with Gasteiger partial charge in [-0.3, -0.25) is 0 Å². The van der Waals surface area contributed by atoms with E-state index in [1.807, 2.05) is 0 Å². The Balaban J connectivity index is 2.40. The second kappa shape index (κ2) is 7.01. The normalized spacial score (nSPS) is 10.3. The van der Waals surface area contributed by atoms with E-state index in [2.05, 4.69) is 5.32 Å². The maximum absolute atomic E-state index is 13.0. The van der Waals surface area contributed by atoms with Crippen molar-refractivity contribution in [2.45, 2.75) is 26.3 Å². The number of carbonyl (C=O) groups is 1. The standard InChI is InChI=1S/C13H18FNO2/c1-10(16)4-3-7-15-9-11-8-12(14)5-6-13(11)17-2/h5-6,8,15H,3-4,7,9H2,1-2H3. The Morgan fingerprint density at radius 2 is 2.24 bits per heavy atom. The molecule has 0 spiro atoms. The van der Waals surface area contributed by atoms with Crippen molar-refractivity contribution >= 4 is 5.78 Å². The number of ketones is 1. The van der Waals surface area contributed by atoms with E-state index in [4.69, 9.17) is 4.74 Å². The van der Waals surface area contributed by atoms with Gasteiger partial charge in [0.2, 0.25) is 0 Å². The topological polar surface area (TPSA) is 38.3 Å². The predicted molar refractivity (Wildman–Crippen MR) is 64.6 cm³/mol. The Bertz CT molecular complexity index is 380. The highest BCUT2D eigenvalue weighted by molar-refractivity contribution is 5.75. The molecule has 0 saturated heterocycles. The summed E-state index contributed by atoms with van der Waals surface area (Å²) in [5.74, 6) is 0.590. The third-order valence-electron chi connectivity index (χ3n) is 2.44. The summed E-state index contributed by atoms with van der Waals surface area (Å²) in [5.41, 5.74) is 0.787. The van der Waals surface area contributed by atoms with Gasteiger partial charge >= 0.3 is 0 Å². The maximum atomic E-state index is 13.0. The zero-order chi connectivity index (χ0) is 12.7. The number of methoxy groups -OCH3 is 1. The van der Waals surface area contributed by atoms with Crippen LogP contribution < -0.4 is 10.1 Å². The first-order valence-corrected chi connectivity index (χ1v) is 5.66. The van der Waals surface area contributed by atoms with E-state index in [-0.39, 0.29) is 11.6 Å². The Kier molecular flexibility index (Phi) is 5.63. The number of ether oxygens (including phenoxy) is 1. The fraction of sp³-hybridized carbons (Fsp3) is 0.462. The molecular weight excluding hydrogens is 221 g/mol. The average Bonchev–Trinajstić information content (AvgIpc) is 2.28. The van der Waals surface area contributed by atoms with Crippen LogP contribution in [-0.2, 0) is 11.3 Å². The lowest BCUT2D eigenvalue weighted by molar-refractivity contribution is -0.117. The summed E-state index contributed by atoms with van der Waals surface area (Å²) in [6.45, 7) is 2.85. The highest BCUT2D eigenvalue weighted by Gasteiger charge is 2.04. The van der Waals surface area contributed by atoms with Crippen molar-refractivity contribution in [3.63, 3.8) is 0 Å². The first-order valence-electron chi connectivity index (χ1n) is 5.66. The summed E-state index contributed by atoms with van der Waals surface area (Å²) in [6.07, 6.45) is 1.38. The molecule has 0 aliphatic heterocycles. The summed E-state index contributed by atoms with van der Waals surface area (Å²) in [5, 5.41) is 3.16. The summed E-state index contributed by atoms with van der Waals surface area (Å²) >= 11 is 0. The van der Waals surface area contributed by atoms with Gasteiger partial charge in [-0.05, 0) is 38.1 Å². The molecule has 0 saturated carbocycles. The Morgan fingerprint density at radius 3 is 2.88 bits per heavy atom. The number of benzene rings is 1. The molecule has 0 aromatic heterocycles. The smallest absolute Gasteiger partial charge is 0.129 e. The molecule has 0 bridgehead atoms. The molecular formula is C13H18FNO2. The largest absolute Gasteiger partial charge is 0.496 e. The SMILES string of the molecule is COc1ccc(F)cc1CNCCCC(C)=O. The van der Waals surface area contributed by atoms with Crippen molar-refractivity contribution in [3.8, 4) is 5.75 Å². The van der Waals surface area contributed by atoms with Crippen molar-refractivity contribution in [1.82, 2.24) is 5.32 Å². The Morgan fingerprint density at radius 1 is 1.47 bits per heavy atom. The van der Waals surface area contributed by atoms with Crippen molar-refractivity contribution in [1.29, 1.82) is 0 Å². The third-order valence-corrected chi connectivity index (χ3v) is 2.44. The van der Waals surface area contributed by atoms with E-state index in [9.17, 15) is 9.18 Å². The second-order valence-corrected chi connectivity index (χ2v) is 3.94. The fourth-order valence-electron chi connectivity index (χ4n) is 1.57. The van der Waals surface area contributed by atoms with Crippen LogP contribution >= 0.6 is 0 Å². The molecule has 0 amide bonds. The van der Waals surface area contributed by atoms with Crippen LogP contribution in [0, 0.1) is 5.82 Å². The molecule has 1 aromatic carbocycles. The van der Waals surface area contributed by atoms with Gasteiger partial charge in [0.25, 0.3) is 0 Å². The van der Waals surface area contributed by atoms with Crippen LogP contribution in [0.5, 0.6) is 5.75 Å². The van der Waals surface area contributed by atoms with Crippen LogP contribution in [0.15, 0.2) is 18.2 Å². The van der Waals surface area contributed by atoms with Crippen molar-refractivity contribution in [2.24, 2.45) is 0 Å². The highest BCUT2D eigenvalue weighted by Crippen LogP contribution is 2.18. The molecule has 0 unspecified atom stereocenters.